The number of aryl methyl sites for hydroxylation is 1. The Labute approximate surface area is 121 Å². The van der Waals surface area contributed by atoms with E-state index in [2.05, 4.69) is 25.3 Å². The summed E-state index contributed by atoms with van der Waals surface area (Å²) < 4.78 is 6.72. The predicted octanol–water partition coefficient (Wildman–Crippen LogP) is 1.32. The monoisotopic (exact) mass is 305 g/mol. The minimum Gasteiger partial charge on any atom is -0.411 e. The Hall–Kier alpha value is -2.82. The molecule has 0 radical (unpaired) electrons. The Morgan fingerprint density at radius 3 is 2.95 bits per heavy atom. The second kappa shape index (κ2) is 5.28. The van der Waals surface area contributed by atoms with Gasteiger partial charge in [-0.1, -0.05) is 0 Å². The molecule has 0 aromatic carbocycles. The van der Waals surface area contributed by atoms with Crippen molar-refractivity contribution in [3.8, 4) is 11.5 Å². The number of pyridine rings is 1. The van der Waals surface area contributed by atoms with Crippen LogP contribution in [0.15, 0.2) is 39.3 Å². The van der Waals surface area contributed by atoms with Gasteiger partial charge in [0.25, 0.3) is 10.4 Å². The molecule has 3 aromatic rings. The first-order valence-corrected chi connectivity index (χ1v) is 6.42. The lowest BCUT2D eigenvalue weighted by atomic mass is 10.3. The Morgan fingerprint density at radius 1 is 1.43 bits per heavy atom. The molecule has 0 aliphatic heterocycles. The van der Waals surface area contributed by atoms with Crippen LogP contribution in [0.2, 0.25) is 0 Å². The lowest BCUT2D eigenvalue weighted by Crippen LogP contribution is -1.94. The summed E-state index contributed by atoms with van der Waals surface area (Å²) in [6, 6.07) is 3.53. The minimum absolute atomic E-state index is 0.208. The van der Waals surface area contributed by atoms with Gasteiger partial charge in [-0.05, 0) is 22.0 Å². The summed E-state index contributed by atoms with van der Waals surface area (Å²) in [5.74, 6) is -0.172. The summed E-state index contributed by atoms with van der Waals surface area (Å²) in [4.78, 5) is 17.7. The van der Waals surface area contributed by atoms with Crippen molar-refractivity contribution in [1.29, 1.82) is 0 Å². The molecule has 21 heavy (non-hydrogen) atoms. The van der Waals surface area contributed by atoms with Gasteiger partial charge in [0, 0.05) is 36.3 Å². The molecule has 106 valence electrons. The van der Waals surface area contributed by atoms with Gasteiger partial charge in [0.15, 0.2) is 0 Å². The normalized spacial score (nSPS) is 10.7. The van der Waals surface area contributed by atoms with Gasteiger partial charge >= 0.3 is 5.95 Å². The van der Waals surface area contributed by atoms with Gasteiger partial charge in [-0.15, -0.1) is 10.2 Å². The van der Waals surface area contributed by atoms with Crippen molar-refractivity contribution in [2.45, 2.75) is 10.4 Å². The molecule has 0 N–H and O–H groups in total. The topological polar surface area (TPSA) is 126 Å². The second-order valence-electron chi connectivity index (χ2n) is 3.79. The minimum atomic E-state index is -0.668. The largest absolute Gasteiger partial charge is 0.492 e. The zero-order chi connectivity index (χ0) is 14.8. The summed E-state index contributed by atoms with van der Waals surface area (Å²) in [5, 5.41) is 22.5. The average molecular weight is 305 g/mol. The van der Waals surface area contributed by atoms with Crippen LogP contribution in [-0.2, 0) is 7.05 Å². The summed E-state index contributed by atoms with van der Waals surface area (Å²) >= 11 is 0.992. The average Bonchev–Trinajstić information content (AvgIpc) is 3.08. The van der Waals surface area contributed by atoms with Gasteiger partial charge in [0.05, 0.1) is 5.56 Å². The number of aromatic nitrogens is 6. The van der Waals surface area contributed by atoms with E-state index in [9.17, 15) is 10.1 Å². The van der Waals surface area contributed by atoms with Crippen LogP contribution in [-0.4, -0.2) is 34.9 Å². The van der Waals surface area contributed by atoms with Crippen molar-refractivity contribution in [3.05, 3.63) is 34.6 Å². The summed E-state index contributed by atoms with van der Waals surface area (Å²) in [5.41, 5.74) is 0.681. The maximum Gasteiger partial charge on any atom is 0.492 e. The quantitative estimate of drug-likeness (QED) is 0.518. The Balaban J connectivity index is 1.83. The molecule has 0 unspecified atom stereocenters. The van der Waals surface area contributed by atoms with E-state index in [1.54, 1.807) is 31.6 Å². The van der Waals surface area contributed by atoms with Crippen molar-refractivity contribution in [2.75, 3.05) is 0 Å². The molecule has 0 aliphatic rings. The van der Waals surface area contributed by atoms with Crippen molar-refractivity contribution in [1.82, 2.24) is 29.9 Å². The zero-order valence-electron chi connectivity index (χ0n) is 10.6. The lowest BCUT2D eigenvalue weighted by molar-refractivity contribution is -0.394. The molecular weight excluding hydrogens is 298 g/mol. The van der Waals surface area contributed by atoms with Crippen LogP contribution in [0, 0.1) is 10.1 Å². The van der Waals surface area contributed by atoms with E-state index in [0.717, 1.165) is 11.8 Å². The SMILES string of the molecule is Cn1nc([N+](=O)[O-])nc1Sc1nnc(-c2cccnc2)o1. The van der Waals surface area contributed by atoms with Crippen LogP contribution in [0.4, 0.5) is 5.95 Å². The van der Waals surface area contributed by atoms with Crippen molar-refractivity contribution in [2.24, 2.45) is 7.05 Å². The maximum absolute atomic E-state index is 10.6. The molecule has 3 rings (SSSR count). The van der Waals surface area contributed by atoms with Gasteiger partial charge in [0.1, 0.15) is 0 Å². The first kappa shape index (κ1) is 13.2. The van der Waals surface area contributed by atoms with E-state index in [4.69, 9.17) is 4.42 Å². The molecule has 10 nitrogen and oxygen atoms in total. The molecule has 0 amide bonds. The van der Waals surface area contributed by atoms with Crippen LogP contribution in [0.3, 0.4) is 0 Å². The van der Waals surface area contributed by atoms with E-state index in [1.807, 2.05) is 0 Å². The van der Waals surface area contributed by atoms with Gasteiger partial charge in [-0.2, -0.15) is 4.68 Å². The summed E-state index contributed by atoms with van der Waals surface area (Å²) in [6.07, 6.45) is 3.23. The van der Waals surface area contributed by atoms with Crippen LogP contribution >= 0.6 is 11.8 Å². The predicted molar refractivity (Wildman–Crippen MR) is 69.3 cm³/mol. The molecule has 0 bridgehead atoms. The third kappa shape index (κ3) is 2.72. The summed E-state index contributed by atoms with van der Waals surface area (Å²) in [6.45, 7) is 0. The highest BCUT2D eigenvalue weighted by molar-refractivity contribution is 7.98. The van der Waals surface area contributed by atoms with E-state index >= 15 is 0 Å². The molecule has 0 atom stereocenters. The zero-order valence-corrected chi connectivity index (χ0v) is 11.4. The van der Waals surface area contributed by atoms with Gasteiger partial charge in [-0.3, -0.25) is 4.98 Å². The molecule has 3 heterocycles. The van der Waals surface area contributed by atoms with Gasteiger partial charge in [-0.25, -0.2) is 0 Å². The first-order chi connectivity index (χ1) is 10.1. The standard InChI is InChI=1S/C10H7N7O3S/c1-16-9(12-8(15-16)17(18)19)21-10-14-13-7(20-10)6-3-2-4-11-5-6/h2-5H,1H3. The molecule has 0 fully saturated rings. The molecule has 0 saturated carbocycles. The molecular formula is C10H7N7O3S. The number of hydrogen-bond donors (Lipinski definition) is 0. The van der Waals surface area contributed by atoms with E-state index < -0.39 is 10.9 Å². The highest BCUT2D eigenvalue weighted by Crippen LogP contribution is 2.28. The van der Waals surface area contributed by atoms with Crippen LogP contribution in [0.1, 0.15) is 0 Å². The number of hydrogen-bond acceptors (Lipinski definition) is 9. The maximum atomic E-state index is 10.6. The van der Waals surface area contributed by atoms with Crippen molar-refractivity contribution in [3.63, 3.8) is 0 Å². The Bertz CT molecular complexity index is 785. The van der Waals surface area contributed by atoms with Crippen LogP contribution in [0.5, 0.6) is 0 Å². The Kier molecular flexibility index (Phi) is 3.31. The fraction of sp³-hybridized carbons (Fsp3) is 0.100. The molecule has 0 saturated heterocycles. The number of nitrogens with zero attached hydrogens (tertiary/aromatic N) is 7. The molecule has 0 spiro atoms. The highest BCUT2D eigenvalue weighted by atomic mass is 32.2. The van der Waals surface area contributed by atoms with E-state index in [-0.39, 0.29) is 10.4 Å². The Morgan fingerprint density at radius 2 is 2.29 bits per heavy atom. The third-order valence-corrected chi connectivity index (χ3v) is 3.25. The molecule has 11 heteroatoms. The third-order valence-electron chi connectivity index (χ3n) is 2.37. The summed E-state index contributed by atoms with van der Waals surface area (Å²) in [7, 11) is 1.54. The fourth-order valence-electron chi connectivity index (χ4n) is 1.46. The van der Waals surface area contributed by atoms with Gasteiger partial charge < -0.3 is 14.5 Å². The first-order valence-electron chi connectivity index (χ1n) is 5.60. The fourth-order valence-corrected chi connectivity index (χ4v) is 2.12. The smallest absolute Gasteiger partial charge is 0.411 e. The number of rotatable bonds is 4. The number of nitro groups is 1. The highest BCUT2D eigenvalue weighted by Gasteiger charge is 2.22. The van der Waals surface area contributed by atoms with Crippen LogP contribution in [0.25, 0.3) is 11.5 Å². The second-order valence-corrected chi connectivity index (χ2v) is 4.71. The van der Waals surface area contributed by atoms with Crippen LogP contribution < -0.4 is 0 Å². The van der Waals surface area contributed by atoms with Gasteiger partial charge in [0.2, 0.25) is 5.89 Å². The van der Waals surface area contributed by atoms with E-state index in [0.29, 0.717) is 11.5 Å². The molecule has 3 aromatic heterocycles. The van der Waals surface area contributed by atoms with Crippen molar-refractivity contribution < 1.29 is 9.34 Å². The van der Waals surface area contributed by atoms with Crippen molar-refractivity contribution >= 4 is 17.7 Å². The lowest BCUT2D eigenvalue weighted by Gasteiger charge is -1.91. The van der Waals surface area contributed by atoms with E-state index in [1.165, 1.54) is 4.68 Å². The molecule has 0 aliphatic carbocycles.